The van der Waals surface area contributed by atoms with Crippen LogP contribution in [0.25, 0.3) is 0 Å². The quantitative estimate of drug-likeness (QED) is 0.657. The molecule has 0 spiro atoms. The van der Waals surface area contributed by atoms with Gasteiger partial charge in [0.05, 0.1) is 12.2 Å². The molecule has 1 aliphatic rings. The van der Waals surface area contributed by atoms with Gasteiger partial charge in [-0.3, -0.25) is 9.78 Å². The van der Waals surface area contributed by atoms with Gasteiger partial charge in [0.2, 0.25) is 0 Å². The number of amides is 1. The summed E-state index contributed by atoms with van der Waals surface area (Å²) in [6.07, 6.45) is 7.56. The predicted octanol–water partition coefficient (Wildman–Crippen LogP) is 3.09. The molecule has 1 amide bonds. The van der Waals surface area contributed by atoms with Crippen LogP contribution in [0, 0.1) is 0 Å². The maximum atomic E-state index is 12.9. The van der Waals surface area contributed by atoms with Crippen molar-refractivity contribution in [2.75, 3.05) is 20.2 Å². The smallest absolute Gasteiger partial charge is 0.289 e. The van der Waals surface area contributed by atoms with E-state index in [9.17, 15) is 4.79 Å². The highest BCUT2D eigenvalue weighted by atomic mass is 16.5. The second-order valence-electron chi connectivity index (χ2n) is 7.02. The van der Waals surface area contributed by atoms with Gasteiger partial charge in [0.1, 0.15) is 18.2 Å². The fourth-order valence-corrected chi connectivity index (χ4v) is 3.72. The number of methoxy groups -OCH3 is 1. The number of pyridine rings is 1. The fraction of sp³-hybridized carbons (Fsp3) is 0.381. The van der Waals surface area contributed by atoms with Crippen molar-refractivity contribution in [1.82, 2.24) is 19.4 Å². The lowest BCUT2D eigenvalue weighted by Crippen LogP contribution is -2.39. The number of furan rings is 1. The first-order valence-corrected chi connectivity index (χ1v) is 9.52. The van der Waals surface area contributed by atoms with Gasteiger partial charge in [-0.15, -0.1) is 0 Å². The number of likely N-dealkylation sites (tertiary alicyclic amines) is 1. The molecule has 4 heterocycles. The molecular formula is C21H24N4O3. The number of imidazole rings is 1. The van der Waals surface area contributed by atoms with Crippen molar-refractivity contribution in [3.05, 3.63) is 72.0 Å². The van der Waals surface area contributed by atoms with E-state index >= 15 is 0 Å². The summed E-state index contributed by atoms with van der Waals surface area (Å²) in [6, 6.07) is 9.42. The molecule has 1 saturated heterocycles. The molecule has 7 nitrogen and oxygen atoms in total. The lowest BCUT2D eigenvalue weighted by Gasteiger charge is -2.32. The summed E-state index contributed by atoms with van der Waals surface area (Å²) in [7, 11) is 1.60. The van der Waals surface area contributed by atoms with Gasteiger partial charge in [0, 0.05) is 44.7 Å². The average molecular weight is 380 g/mol. The van der Waals surface area contributed by atoms with Crippen molar-refractivity contribution in [2.24, 2.45) is 0 Å². The fourth-order valence-electron chi connectivity index (χ4n) is 3.72. The van der Waals surface area contributed by atoms with Crippen LogP contribution in [0.1, 0.15) is 46.6 Å². The number of hydrogen-bond acceptors (Lipinski definition) is 5. The van der Waals surface area contributed by atoms with Crippen LogP contribution in [0.15, 0.2) is 53.3 Å². The molecule has 1 aliphatic heterocycles. The molecule has 0 aliphatic carbocycles. The highest BCUT2D eigenvalue weighted by Gasteiger charge is 2.29. The van der Waals surface area contributed by atoms with Gasteiger partial charge in [-0.05, 0) is 37.1 Å². The van der Waals surface area contributed by atoms with Crippen LogP contribution in [0.5, 0.6) is 0 Å². The zero-order valence-corrected chi connectivity index (χ0v) is 16.0. The summed E-state index contributed by atoms with van der Waals surface area (Å²) in [4.78, 5) is 23.7. The molecule has 3 aromatic rings. The monoisotopic (exact) mass is 380 g/mol. The van der Waals surface area contributed by atoms with Gasteiger partial charge in [-0.2, -0.15) is 0 Å². The highest BCUT2D eigenvalue weighted by molar-refractivity contribution is 5.91. The maximum absolute atomic E-state index is 12.9. The van der Waals surface area contributed by atoms with E-state index in [1.54, 1.807) is 25.4 Å². The number of ether oxygens (including phenoxy) is 1. The van der Waals surface area contributed by atoms with Gasteiger partial charge in [-0.25, -0.2) is 4.98 Å². The number of nitrogens with zero attached hydrogens (tertiary/aromatic N) is 4. The average Bonchev–Trinajstić information content (AvgIpc) is 3.38. The topological polar surface area (TPSA) is 73.4 Å². The minimum absolute atomic E-state index is 0.0742. The zero-order valence-electron chi connectivity index (χ0n) is 16.0. The predicted molar refractivity (Wildman–Crippen MR) is 103 cm³/mol. The third kappa shape index (κ3) is 3.99. The summed E-state index contributed by atoms with van der Waals surface area (Å²) in [5.74, 6) is 2.15. The Morgan fingerprint density at radius 2 is 2.18 bits per heavy atom. The summed E-state index contributed by atoms with van der Waals surface area (Å²) in [6.45, 7) is 2.41. The molecule has 0 unspecified atom stereocenters. The molecule has 4 rings (SSSR count). The van der Waals surface area contributed by atoms with E-state index in [1.807, 2.05) is 35.5 Å². The lowest BCUT2D eigenvalue weighted by atomic mass is 9.97. The van der Waals surface area contributed by atoms with Crippen molar-refractivity contribution in [3.8, 4) is 0 Å². The lowest BCUT2D eigenvalue weighted by molar-refractivity contribution is 0.0664. The number of hydrogen-bond donors (Lipinski definition) is 0. The molecule has 146 valence electrons. The molecule has 0 N–H and O–H groups in total. The zero-order chi connectivity index (χ0) is 19.3. The highest BCUT2D eigenvalue weighted by Crippen LogP contribution is 2.27. The standard InChI is InChI=1S/C21H24N4O3/c1-27-15-18-7-8-19(28-18)21(26)25-11-4-5-16(13-25)20-23-10-12-24(20)14-17-6-2-3-9-22-17/h2-3,6-10,12,16H,4-5,11,13-15H2,1H3/t16-/m1/s1. The molecular weight excluding hydrogens is 356 g/mol. The van der Waals surface area contributed by atoms with Crippen LogP contribution in [0.4, 0.5) is 0 Å². The Balaban J connectivity index is 1.47. The van der Waals surface area contributed by atoms with E-state index in [0.29, 0.717) is 31.2 Å². The van der Waals surface area contributed by atoms with E-state index in [0.717, 1.165) is 30.9 Å². The van der Waals surface area contributed by atoms with E-state index in [1.165, 1.54) is 0 Å². The Morgan fingerprint density at radius 1 is 1.25 bits per heavy atom. The van der Waals surface area contributed by atoms with Crippen molar-refractivity contribution in [2.45, 2.75) is 31.9 Å². The summed E-state index contributed by atoms with van der Waals surface area (Å²) >= 11 is 0. The van der Waals surface area contributed by atoms with Gasteiger partial charge in [0.15, 0.2) is 5.76 Å². The summed E-state index contributed by atoms with van der Waals surface area (Å²) in [5, 5.41) is 0. The third-order valence-electron chi connectivity index (χ3n) is 5.04. The van der Waals surface area contributed by atoms with Crippen LogP contribution in [0.2, 0.25) is 0 Å². The first-order chi connectivity index (χ1) is 13.7. The number of rotatable bonds is 6. The minimum Gasteiger partial charge on any atom is -0.453 e. The Hall–Kier alpha value is -2.93. The number of carbonyl (C=O) groups is 1. The van der Waals surface area contributed by atoms with E-state index in [2.05, 4.69) is 14.5 Å². The first kappa shape index (κ1) is 18.4. The van der Waals surface area contributed by atoms with Crippen LogP contribution in [0.3, 0.4) is 0 Å². The summed E-state index contributed by atoms with van der Waals surface area (Å²) < 4.78 is 12.8. The van der Waals surface area contributed by atoms with E-state index in [-0.39, 0.29) is 11.8 Å². The molecule has 1 fully saturated rings. The van der Waals surface area contributed by atoms with Gasteiger partial charge < -0.3 is 18.6 Å². The largest absolute Gasteiger partial charge is 0.453 e. The van der Waals surface area contributed by atoms with Crippen molar-refractivity contribution < 1.29 is 13.9 Å². The molecule has 1 atom stereocenters. The molecule has 0 aromatic carbocycles. The van der Waals surface area contributed by atoms with Gasteiger partial charge in [0.25, 0.3) is 5.91 Å². The third-order valence-corrected chi connectivity index (χ3v) is 5.04. The van der Waals surface area contributed by atoms with Crippen molar-refractivity contribution >= 4 is 5.91 Å². The van der Waals surface area contributed by atoms with Gasteiger partial charge >= 0.3 is 0 Å². The Morgan fingerprint density at radius 3 is 3.00 bits per heavy atom. The van der Waals surface area contributed by atoms with Crippen LogP contribution < -0.4 is 0 Å². The SMILES string of the molecule is COCc1ccc(C(=O)N2CCC[C@@H](c3nccn3Cc3ccccn3)C2)o1. The minimum atomic E-state index is -0.0742. The van der Waals surface area contributed by atoms with Crippen LogP contribution in [-0.2, 0) is 17.9 Å². The molecule has 28 heavy (non-hydrogen) atoms. The summed E-state index contributed by atoms with van der Waals surface area (Å²) in [5.41, 5.74) is 0.992. The van der Waals surface area contributed by atoms with Crippen LogP contribution in [-0.4, -0.2) is 45.5 Å². The van der Waals surface area contributed by atoms with Gasteiger partial charge in [-0.1, -0.05) is 6.07 Å². The van der Waals surface area contributed by atoms with E-state index in [4.69, 9.17) is 9.15 Å². The first-order valence-electron chi connectivity index (χ1n) is 9.52. The Kier molecular flexibility index (Phi) is 5.53. The number of piperidine rings is 1. The molecule has 0 saturated carbocycles. The molecule has 7 heteroatoms. The maximum Gasteiger partial charge on any atom is 0.289 e. The Labute approximate surface area is 164 Å². The van der Waals surface area contributed by atoms with Crippen molar-refractivity contribution in [3.63, 3.8) is 0 Å². The normalized spacial score (nSPS) is 17.0. The van der Waals surface area contributed by atoms with Crippen molar-refractivity contribution in [1.29, 1.82) is 0 Å². The second kappa shape index (κ2) is 8.39. The molecule has 3 aromatic heterocycles. The van der Waals surface area contributed by atoms with Crippen LogP contribution >= 0.6 is 0 Å². The molecule has 0 radical (unpaired) electrons. The van der Waals surface area contributed by atoms with E-state index < -0.39 is 0 Å². The Bertz CT molecular complexity index is 919. The number of aromatic nitrogens is 3. The second-order valence-corrected chi connectivity index (χ2v) is 7.02. The molecule has 0 bridgehead atoms. The number of carbonyl (C=O) groups excluding carboxylic acids is 1.